The number of hydrogen-bond donors (Lipinski definition) is 3. The minimum absolute atomic E-state index is 0.0830. The summed E-state index contributed by atoms with van der Waals surface area (Å²) in [6.45, 7) is 6.21. The average Bonchev–Trinajstić information content (AvgIpc) is 2.87. The fourth-order valence-corrected chi connectivity index (χ4v) is 4.38. The lowest BCUT2D eigenvalue weighted by atomic mass is 9.87. The molecule has 4 N–H and O–H groups in total. The van der Waals surface area contributed by atoms with Gasteiger partial charge in [0.25, 0.3) is 5.91 Å². The van der Waals surface area contributed by atoms with Crippen LogP contribution in [0.4, 0.5) is 10.5 Å². The van der Waals surface area contributed by atoms with Gasteiger partial charge in [-0.1, -0.05) is 13.8 Å². The molecule has 0 bridgehead atoms. The summed E-state index contributed by atoms with van der Waals surface area (Å²) in [5.74, 6) is -0.417. The van der Waals surface area contributed by atoms with Crippen molar-refractivity contribution in [3.8, 4) is 0 Å². The van der Waals surface area contributed by atoms with E-state index in [0.717, 1.165) is 11.4 Å². The number of nitrogens with two attached hydrogens (primary N) is 1. The van der Waals surface area contributed by atoms with E-state index < -0.39 is 34.0 Å². The maximum Gasteiger partial charge on any atom is 0.325 e. The summed E-state index contributed by atoms with van der Waals surface area (Å²) in [5, 5.41) is 10.4. The second-order valence-corrected chi connectivity index (χ2v) is 9.78. The van der Waals surface area contributed by atoms with Gasteiger partial charge in [0.2, 0.25) is 15.9 Å². The highest BCUT2D eigenvalue weighted by molar-refractivity contribution is 7.89. The zero-order valence-electron chi connectivity index (χ0n) is 17.1. The first-order chi connectivity index (χ1) is 14.0. The maximum absolute atomic E-state index is 12.9. The van der Waals surface area contributed by atoms with Crippen molar-refractivity contribution in [3.05, 3.63) is 24.3 Å². The summed E-state index contributed by atoms with van der Waals surface area (Å²) in [4.78, 5) is 40.8. The number of imide groups is 1. The Hall–Kier alpha value is -2.50. The third kappa shape index (κ3) is 4.79. The number of rotatable bonds is 6. The van der Waals surface area contributed by atoms with Crippen molar-refractivity contribution in [2.45, 2.75) is 37.1 Å². The predicted molar refractivity (Wildman–Crippen MR) is 110 cm³/mol. The Bertz CT molecular complexity index is 937. The molecule has 0 atom stereocenters. The zero-order chi connectivity index (χ0) is 22.1. The van der Waals surface area contributed by atoms with Gasteiger partial charge in [-0.25, -0.2) is 18.4 Å². The van der Waals surface area contributed by atoms with Gasteiger partial charge in [-0.15, -0.1) is 0 Å². The predicted octanol–water partition coefficient (Wildman–Crippen LogP) is 0.315. The molecule has 1 aromatic rings. The Morgan fingerprint density at radius 2 is 1.80 bits per heavy atom. The molecule has 0 aliphatic carbocycles. The number of likely N-dealkylation sites (tertiary alicyclic amines) is 1. The smallest absolute Gasteiger partial charge is 0.325 e. The third-order valence-electron chi connectivity index (χ3n) is 5.35. The minimum Gasteiger partial charge on any atom is -0.325 e. The van der Waals surface area contributed by atoms with Crippen LogP contribution < -0.4 is 15.8 Å². The molecule has 2 heterocycles. The van der Waals surface area contributed by atoms with Crippen LogP contribution in [0.1, 0.15) is 26.7 Å². The van der Waals surface area contributed by atoms with E-state index in [1.807, 2.05) is 0 Å². The molecular formula is C19H27N5O5S. The van der Waals surface area contributed by atoms with Crippen molar-refractivity contribution in [2.75, 3.05) is 31.5 Å². The summed E-state index contributed by atoms with van der Waals surface area (Å²) in [5.41, 5.74) is -0.613. The van der Waals surface area contributed by atoms with Crippen molar-refractivity contribution in [3.63, 3.8) is 0 Å². The SMILES string of the molecule is CC(C)CN1CCC2(CC1)NC(=O)N(CC(=O)Nc1ccc(S(N)(=O)=O)cc1)C2=O. The number of piperidine rings is 1. The topological polar surface area (TPSA) is 142 Å². The number of amides is 4. The van der Waals surface area contributed by atoms with Gasteiger partial charge in [-0.2, -0.15) is 0 Å². The number of primary sulfonamides is 1. The number of benzene rings is 1. The van der Waals surface area contributed by atoms with Crippen molar-refractivity contribution >= 4 is 33.6 Å². The normalized spacial score (nSPS) is 19.4. The molecule has 2 saturated heterocycles. The Kier molecular flexibility index (Phi) is 6.16. The van der Waals surface area contributed by atoms with Gasteiger partial charge in [0, 0.05) is 25.3 Å². The number of urea groups is 1. The van der Waals surface area contributed by atoms with Crippen LogP contribution in [0.2, 0.25) is 0 Å². The van der Waals surface area contributed by atoms with Crippen LogP contribution >= 0.6 is 0 Å². The highest BCUT2D eigenvalue weighted by Gasteiger charge is 2.52. The van der Waals surface area contributed by atoms with Crippen molar-refractivity contribution in [1.82, 2.24) is 15.1 Å². The summed E-state index contributed by atoms with van der Waals surface area (Å²) in [6, 6.07) is 4.72. The van der Waals surface area contributed by atoms with Gasteiger partial charge in [0.15, 0.2) is 0 Å². The van der Waals surface area contributed by atoms with E-state index in [0.29, 0.717) is 37.5 Å². The fourth-order valence-electron chi connectivity index (χ4n) is 3.86. The summed E-state index contributed by atoms with van der Waals surface area (Å²) >= 11 is 0. The van der Waals surface area contributed by atoms with Crippen molar-refractivity contribution in [1.29, 1.82) is 0 Å². The van der Waals surface area contributed by atoms with Crippen LogP contribution in [0.3, 0.4) is 0 Å². The van der Waals surface area contributed by atoms with E-state index in [1.54, 1.807) is 0 Å². The summed E-state index contributed by atoms with van der Waals surface area (Å²) in [6.07, 6.45) is 1.02. The van der Waals surface area contributed by atoms with E-state index >= 15 is 0 Å². The molecule has 11 heteroatoms. The average molecular weight is 438 g/mol. The molecule has 0 saturated carbocycles. The zero-order valence-corrected chi connectivity index (χ0v) is 17.9. The van der Waals surface area contributed by atoms with Gasteiger partial charge in [0.05, 0.1) is 4.90 Å². The number of nitrogens with one attached hydrogen (secondary N) is 2. The van der Waals surface area contributed by atoms with E-state index in [-0.39, 0.29) is 10.8 Å². The van der Waals surface area contributed by atoms with Gasteiger partial charge >= 0.3 is 6.03 Å². The largest absolute Gasteiger partial charge is 0.325 e. The Balaban J connectivity index is 1.60. The quantitative estimate of drug-likeness (QED) is 0.547. The fraction of sp³-hybridized carbons (Fsp3) is 0.526. The molecule has 164 valence electrons. The van der Waals surface area contributed by atoms with E-state index in [2.05, 4.69) is 29.4 Å². The molecule has 0 unspecified atom stereocenters. The highest BCUT2D eigenvalue weighted by Crippen LogP contribution is 2.29. The highest BCUT2D eigenvalue weighted by atomic mass is 32.2. The van der Waals surface area contributed by atoms with Crippen molar-refractivity contribution < 1.29 is 22.8 Å². The molecule has 2 aliphatic heterocycles. The van der Waals surface area contributed by atoms with E-state index in [1.165, 1.54) is 24.3 Å². The lowest BCUT2D eigenvalue weighted by molar-refractivity contribution is -0.135. The second-order valence-electron chi connectivity index (χ2n) is 8.22. The van der Waals surface area contributed by atoms with Crippen LogP contribution in [-0.4, -0.2) is 67.8 Å². The van der Waals surface area contributed by atoms with Crippen LogP contribution in [-0.2, 0) is 19.6 Å². The monoisotopic (exact) mass is 437 g/mol. The lowest BCUT2D eigenvalue weighted by Gasteiger charge is -2.37. The molecule has 0 aromatic heterocycles. The minimum atomic E-state index is -3.83. The number of hydrogen-bond acceptors (Lipinski definition) is 6. The lowest BCUT2D eigenvalue weighted by Crippen LogP contribution is -2.55. The standard InChI is InChI=1S/C19H27N5O5S/c1-13(2)11-23-9-7-19(8-10-23)17(26)24(18(27)22-19)12-16(25)21-14-3-5-15(6-4-14)30(20,28)29/h3-6,13H,7-12H2,1-2H3,(H,21,25)(H,22,27)(H2,20,28,29). The molecule has 1 aromatic carbocycles. The molecule has 0 radical (unpaired) electrons. The number of anilines is 1. The number of carbonyl (C=O) groups is 3. The summed E-state index contributed by atoms with van der Waals surface area (Å²) < 4.78 is 22.6. The molecule has 2 aliphatic rings. The van der Waals surface area contributed by atoms with Crippen LogP contribution in [0.15, 0.2) is 29.2 Å². The van der Waals surface area contributed by atoms with Gasteiger partial charge < -0.3 is 15.5 Å². The molecule has 4 amide bonds. The number of carbonyl (C=O) groups excluding carboxylic acids is 3. The molecule has 10 nitrogen and oxygen atoms in total. The van der Waals surface area contributed by atoms with Crippen LogP contribution in [0.25, 0.3) is 0 Å². The molecule has 1 spiro atoms. The van der Waals surface area contributed by atoms with Gasteiger partial charge in [-0.3, -0.25) is 14.5 Å². The Labute approximate surface area is 175 Å². The molecule has 2 fully saturated rings. The van der Waals surface area contributed by atoms with Crippen LogP contribution in [0.5, 0.6) is 0 Å². The van der Waals surface area contributed by atoms with E-state index in [9.17, 15) is 22.8 Å². The van der Waals surface area contributed by atoms with Gasteiger partial charge in [-0.05, 0) is 43.0 Å². The molecule has 3 rings (SSSR count). The number of sulfonamides is 1. The maximum atomic E-state index is 12.9. The van der Waals surface area contributed by atoms with E-state index in [4.69, 9.17) is 5.14 Å². The molecule has 30 heavy (non-hydrogen) atoms. The summed E-state index contributed by atoms with van der Waals surface area (Å²) in [7, 11) is -3.83. The molecular weight excluding hydrogens is 410 g/mol. The van der Waals surface area contributed by atoms with Crippen molar-refractivity contribution in [2.24, 2.45) is 11.1 Å². The van der Waals surface area contributed by atoms with Gasteiger partial charge in [0.1, 0.15) is 12.1 Å². The second kappa shape index (κ2) is 8.32. The first-order valence-electron chi connectivity index (χ1n) is 9.79. The first-order valence-corrected chi connectivity index (χ1v) is 11.3. The first kappa shape index (κ1) is 22.2. The Morgan fingerprint density at radius 3 is 2.33 bits per heavy atom. The van der Waals surface area contributed by atoms with Crippen LogP contribution in [0, 0.1) is 5.92 Å². The third-order valence-corrected chi connectivity index (χ3v) is 6.28. The number of nitrogens with zero attached hydrogens (tertiary/aromatic N) is 2. The Morgan fingerprint density at radius 1 is 1.20 bits per heavy atom.